The minimum absolute atomic E-state index is 0.0820. The van der Waals surface area contributed by atoms with Gasteiger partial charge in [-0.05, 0) is 31.2 Å². The van der Waals surface area contributed by atoms with Crippen molar-refractivity contribution in [3.8, 4) is 17.2 Å². The van der Waals surface area contributed by atoms with Gasteiger partial charge in [0.05, 0.1) is 4.92 Å². The first kappa shape index (κ1) is 18.3. The van der Waals surface area contributed by atoms with E-state index in [4.69, 9.17) is 14.4 Å². The van der Waals surface area contributed by atoms with Crippen LogP contribution in [0.4, 0.5) is 5.69 Å². The molecule has 25 heavy (non-hydrogen) atoms. The molecule has 2 unspecified atom stereocenters. The molecule has 9 nitrogen and oxygen atoms in total. The molecule has 2 rings (SSSR count). The highest BCUT2D eigenvalue weighted by atomic mass is 31.1. The zero-order chi connectivity index (χ0) is 18.4. The topological polar surface area (TPSA) is 134 Å². The second kappa shape index (κ2) is 8.18. The molecule has 0 radical (unpaired) electrons. The van der Waals surface area contributed by atoms with Gasteiger partial charge in [-0.2, -0.15) is 0 Å². The second-order valence-electron chi connectivity index (χ2n) is 4.76. The number of carboxylic acid groups (broad SMARTS) is 1. The van der Waals surface area contributed by atoms with E-state index in [0.717, 1.165) is 0 Å². The first-order valence-electron chi connectivity index (χ1n) is 6.97. The lowest BCUT2D eigenvalue weighted by Crippen LogP contribution is -2.13. The van der Waals surface area contributed by atoms with Gasteiger partial charge in [0.25, 0.3) is 5.69 Å². The van der Waals surface area contributed by atoms with E-state index in [0.29, 0.717) is 5.75 Å². The Balaban J connectivity index is 2.17. The number of non-ortho nitro benzene ring substituents is 1. The smallest absolute Gasteiger partial charge is 0.395 e. The van der Waals surface area contributed by atoms with Crippen LogP contribution in [0.5, 0.6) is 17.2 Å². The van der Waals surface area contributed by atoms with E-state index >= 15 is 0 Å². The van der Waals surface area contributed by atoms with Crippen LogP contribution < -0.4 is 14.2 Å². The zero-order valence-electron chi connectivity index (χ0n) is 12.9. The summed E-state index contributed by atoms with van der Waals surface area (Å²) in [6.07, 6.45) is 0. The summed E-state index contributed by atoms with van der Waals surface area (Å²) in [6.45, 7) is 1.28. The maximum absolute atomic E-state index is 11.8. The molecule has 0 aliphatic carbocycles. The molecule has 0 aromatic heterocycles. The van der Waals surface area contributed by atoms with Crippen molar-refractivity contribution < 1.29 is 29.0 Å². The van der Waals surface area contributed by atoms with Crippen molar-refractivity contribution >= 4 is 19.8 Å². The molecule has 0 amide bonds. The first-order valence-corrected chi connectivity index (χ1v) is 8.10. The fraction of sp³-hybridized carbons (Fsp3) is 0.133. The van der Waals surface area contributed by atoms with E-state index < -0.39 is 25.1 Å². The average Bonchev–Trinajstić information content (AvgIpc) is 2.57. The van der Waals surface area contributed by atoms with Crippen molar-refractivity contribution in [3.63, 3.8) is 0 Å². The van der Waals surface area contributed by atoms with Crippen molar-refractivity contribution in [2.75, 3.05) is 0 Å². The number of para-hydroxylation sites is 2. The molecule has 1 N–H and O–H groups in total. The van der Waals surface area contributed by atoms with Crippen LogP contribution in [0.1, 0.15) is 6.92 Å². The number of ether oxygens (including phenoxy) is 1. The number of carbonyl (C=O) groups is 1. The lowest BCUT2D eigenvalue weighted by Gasteiger charge is -2.08. The highest BCUT2D eigenvalue weighted by Crippen LogP contribution is 2.36. The predicted octanol–water partition coefficient (Wildman–Crippen LogP) is 3.09. The summed E-state index contributed by atoms with van der Waals surface area (Å²) in [5.74, 6) is -0.601. The van der Waals surface area contributed by atoms with Gasteiger partial charge in [-0.1, -0.05) is 16.9 Å². The van der Waals surface area contributed by atoms with Crippen LogP contribution in [-0.4, -0.2) is 22.0 Å². The molecular formula is C15H13N2O7P. The number of nitrogens with zero attached hydrogens (tertiary/aromatic N) is 2. The van der Waals surface area contributed by atoms with Crippen LogP contribution in [0.25, 0.3) is 0 Å². The Hall–Kier alpha value is -3.03. The SMILES string of the molecule is CC(N=[P+]([O-])Oc1ccccc1Oc1ccc([N+](=O)[O-])cc1)C(=O)O. The van der Waals surface area contributed by atoms with Crippen LogP contribution in [-0.2, 0) is 4.79 Å². The number of carboxylic acids is 1. The lowest BCUT2D eigenvalue weighted by molar-refractivity contribution is -0.384. The third kappa shape index (κ3) is 5.23. The normalized spacial score (nSPS) is 12.3. The van der Waals surface area contributed by atoms with E-state index in [-0.39, 0.29) is 17.2 Å². The average molecular weight is 364 g/mol. The van der Waals surface area contributed by atoms with E-state index in [1.54, 1.807) is 18.2 Å². The fourth-order valence-corrected chi connectivity index (χ4v) is 2.42. The summed E-state index contributed by atoms with van der Waals surface area (Å²) in [5.41, 5.74) is -0.0820. The van der Waals surface area contributed by atoms with Gasteiger partial charge < -0.3 is 14.7 Å². The maximum atomic E-state index is 11.8. The third-order valence-electron chi connectivity index (χ3n) is 2.93. The number of hydrogen-bond donors (Lipinski definition) is 1. The van der Waals surface area contributed by atoms with Crippen LogP contribution >= 0.6 is 8.17 Å². The summed E-state index contributed by atoms with van der Waals surface area (Å²) in [4.78, 5) is 32.6. The first-order chi connectivity index (χ1) is 11.9. The highest BCUT2D eigenvalue weighted by Gasteiger charge is 2.17. The fourth-order valence-electron chi connectivity index (χ4n) is 1.67. The Kier molecular flexibility index (Phi) is 5.99. The van der Waals surface area contributed by atoms with Gasteiger partial charge in [-0.3, -0.25) is 14.6 Å². The minimum atomic E-state index is -2.61. The largest absolute Gasteiger partial charge is 0.575 e. The van der Waals surface area contributed by atoms with Crippen molar-refractivity contribution in [2.24, 2.45) is 4.74 Å². The molecule has 2 aromatic rings. The maximum Gasteiger partial charge on any atom is 0.395 e. The minimum Gasteiger partial charge on any atom is -0.575 e. The van der Waals surface area contributed by atoms with Gasteiger partial charge in [0, 0.05) is 12.1 Å². The Morgan fingerprint density at radius 2 is 1.80 bits per heavy atom. The molecule has 0 heterocycles. The van der Waals surface area contributed by atoms with Crippen LogP contribution in [0, 0.1) is 10.1 Å². The summed E-state index contributed by atoms with van der Waals surface area (Å²) in [5, 5.41) is 19.4. The molecule has 2 atom stereocenters. The standard InChI is InChI=1S/C15H13N2O7P/c1-10(15(18)19)16-25(22)24-14-5-3-2-4-13(14)23-12-8-6-11(7-9-12)17(20)21/h2-10H,1H3,(H,18,19). The number of nitro benzene ring substituents is 1. The number of hydrogen-bond acceptors (Lipinski definition) is 7. The van der Waals surface area contributed by atoms with E-state index in [1.165, 1.54) is 37.3 Å². The lowest BCUT2D eigenvalue weighted by atomic mass is 10.3. The van der Waals surface area contributed by atoms with E-state index in [1.807, 2.05) is 0 Å². The Morgan fingerprint density at radius 1 is 1.20 bits per heavy atom. The van der Waals surface area contributed by atoms with Gasteiger partial charge in [-0.15, -0.1) is 0 Å². The van der Waals surface area contributed by atoms with Crippen molar-refractivity contribution in [1.82, 2.24) is 0 Å². The molecule has 2 aromatic carbocycles. The van der Waals surface area contributed by atoms with Crippen LogP contribution in [0.15, 0.2) is 53.3 Å². The molecule has 0 fully saturated rings. The summed E-state index contributed by atoms with van der Waals surface area (Å²) >= 11 is 0. The molecular weight excluding hydrogens is 351 g/mol. The molecule has 0 saturated heterocycles. The predicted molar refractivity (Wildman–Crippen MR) is 86.7 cm³/mol. The van der Waals surface area contributed by atoms with E-state index in [9.17, 15) is 19.8 Å². The summed E-state index contributed by atoms with van der Waals surface area (Å²) in [6, 6.07) is 10.5. The number of benzene rings is 2. The number of nitro groups is 1. The van der Waals surface area contributed by atoms with Crippen molar-refractivity contribution in [2.45, 2.75) is 13.0 Å². The Morgan fingerprint density at radius 3 is 2.36 bits per heavy atom. The van der Waals surface area contributed by atoms with Gasteiger partial charge in [0.1, 0.15) is 5.75 Å². The number of aliphatic carboxylic acids is 1. The van der Waals surface area contributed by atoms with Crippen LogP contribution in [0.2, 0.25) is 0 Å². The third-order valence-corrected chi connectivity index (χ3v) is 3.81. The highest BCUT2D eigenvalue weighted by molar-refractivity contribution is 7.34. The van der Waals surface area contributed by atoms with Gasteiger partial charge >= 0.3 is 14.1 Å². The Labute approximate surface area is 143 Å². The molecule has 130 valence electrons. The molecule has 10 heteroatoms. The van der Waals surface area contributed by atoms with Crippen molar-refractivity contribution in [3.05, 3.63) is 58.6 Å². The Bertz CT molecular complexity index is 808. The summed E-state index contributed by atoms with van der Waals surface area (Å²) < 4.78 is 14.2. The molecule has 0 spiro atoms. The molecule has 0 bridgehead atoms. The molecule has 0 saturated carbocycles. The summed E-state index contributed by atoms with van der Waals surface area (Å²) in [7, 11) is -2.61. The van der Waals surface area contributed by atoms with Gasteiger partial charge in [0.2, 0.25) is 5.75 Å². The van der Waals surface area contributed by atoms with E-state index in [2.05, 4.69) is 4.74 Å². The van der Waals surface area contributed by atoms with Crippen molar-refractivity contribution in [1.29, 1.82) is 0 Å². The van der Waals surface area contributed by atoms with Gasteiger partial charge in [-0.25, -0.2) is 4.79 Å². The zero-order valence-corrected chi connectivity index (χ0v) is 13.8. The second-order valence-corrected chi connectivity index (χ2v) is 5.65. The van der Waals surface area contributed by atoms with Crippen LogP contribution in [0.3, 0.4) is 0 Å². The molecule has 0 aliphatic rings. The molecule has 0 aliphatic heterocycles. The van der Waals surface area contributed by atoms with Gasteiger partial charge in [0.15, 0.2) is 11.8 Å². The number of rotatable bonds is 7. The quantitative estimate of drug-likeness (QED) is 0.453. The monoisotopic (exact) mass is 364 g/mol.